The van der Waals surface area contributed by atoms with E-state index in [1.54, 1.807) is 17.7 Å². The molecule has 0 bridgehead atoms. The maximum Gasteiger partial charge on any atom is 0.147 e. The van der Waals surface area contributed by atoms with Gasteiger partial charge in [-0.15, -0.1) is 11.3 Å². The topological polar surface area (TPSA) is 37.8 Å². The molecule has 0 fully saturated rings. The van der Waals surface area contributed by atoms with E-state index in [-0.39, 0.29) is 0 Å². The maximum absolute atomic E-state index is 4.31. The Labute approximate surface area is 99.9 Å². The van der Waals surface area contributed by atoms with Crippen molar-refractivity contribution in [2.24, 2.45) is 5.92 Å². The van der Waals surface area contributed by atoms with Gasteiger partial charge in [-0.3, -0.25) is 0 Å². The summed E-state index contributed by atoms with van der Waals surface area (Å²) < 4.78 is 1.17. The predicted molar refractivity (Wildman–Crippen MR) is 70.1 cm³/mol. The Morgan fingerprint density at radius 3 is 2.94 bits per heavy atom. The smallest absolute Gasteiger partial charge is 0.147 e. The number of hydrogen-bond donors (Lipinski definition) is 1. The Balaban J connectivity index is 2.17. The van der Waals surface area contributed by atoms with Crippen LogP contribution in [-0.4, -0.2) is 16.5 Å². The SMILES string of the molecule is Cc1csc2c(NCCC(C)C)ncnc12. The van der Waals surface area contributed by atoms with Crippen molar-refractivity contribution in [3.63, 3.8) is 0 Å². The molecule has 0 radical (unpaired) electrons. The Morgan fingerprint density at radius 2 is 2.19 bits per heavy atom. The third-order valence-electron chi connectivity index (χ3n) is 2.55. The summed E-state index contributed by atoms with van der Waals surface area (Å²) in [5.74, 6) is 1.69. The molecule has 2 aromatic rings. The number of fused-ring (bicyclic) bond motifs is 1. The van der Waals surface area contributed by atoms with Crippen molar-refractivity contribution in [1.29, 1.82) is 0 Å². The highest BCUT2D eigenvalue weighted by Crippen LogP contribution is 2.28. The minimum absolute atomic E-state index is 0.717. The lowest BCUT2D eigenvalue weighted by Gasteiger charge is -2.07. The van der Waals surface area contributed by atoms with Crippen LogP contribution in [0, 0.1) is 12.8 Å². The third-order valence-corrected chi connectivity index (χ3v) is 3.64. The summed E-state index contributed by atoms with van der Waals surface area (Å²) in [5, 5.41) is 5.52. The average molecular weight is 235 g/mol. The summed E-state index contributed by atoms with van der Waals surface area (Å²) in [6, 6.07) is 0. The summed E-state index contributed by atoms with van der Waals surface area (Å²) in [5.41, 5.74) is 2.31. The van der Waals surface area contributed by atoms with Crippen LogP contribution in [0.15, 0.2) is 11.7 Å². The van der Waals surface area contributed by atoms with Crippen LogP contribution in [0.4, 0.5) is 5.82 Å². The van der Waals surface area contributed by atoms with Crippen molar-refractivity contribution in [2.45, 2.75) is 27.2 Å². The number of nitrogens with one attached hydrogen (secondary N) is 1. The van der Waals surface area contributed by atoms with E-state index >= 15 is 0 Å². The zero-order valence-electron chi connectivity index (χ0n) is 9.95. The molecule has 0 unspecified atom stereocenters. The minimum atomic E-state index is 0.717. The van der Waals surface area contributed by atoms with Gasteiger partial charge in [0.1, 0.15) is 12.1 Å². The van der Waals surface area contributed by atoms with Gasteiger partial charge < -0.3 is 5.32 Å². The summed E-state index contributed by atoms with van der Waals surface area (Å²) in [7, 11) is 0. The van der Waals surface area contributed by atoms with E-state index in [9.17, 15) is 0 Å². The number of hydrogen-bond acceptors (Lipinski definition) is 4. The van der Waals surface area contributed by atoms with E-state index in [0.29, 0.717) is 0 Å². The summed E-state index contributed by atoms with van der Waals surface area (Å²) in [6.45, 7) is 7.52. The zero-order valence-corrected chi connectivity index (χ0v) is 10.8. The van der Waals surface area contributed by atoms with Crippen molar-refractivity contribution in [3.8, 4) is 0 Å². The first kappa shape index (κ1) is 11.3. The summed E-state index contributed by atoms with van der Waals surface area (Å²) in [6.07, 6.45) is 2.80. The molecule has 0 atom stereocenters. The van der Waals surface area contributed by atoms with Crippen LogP contribution >= 0.6 is 11.3 Å². The van der Waals surface area contributed by atoms with E-state index < -0.39 is 0 Å². The van der Waals surface area contributed by atoms with Gasteiger partial charge in [-0.2, -0.15) is 0 Å². The minimum Gasteiger partial charge on any atom is -0.369 e. The van der Waals surface area contributed by atoms with Crippen LogP contribution in [0.5, 0.6) is 0 Å². The van der Waals surface area contributed by atoms with Crippen LogP contribution in [0.1, 0.15) is 25.8 Å². The fraction of sp³-hybridized carbons (Fsp3) is 0.500. The molecular formula is C12H17N3S. The number of thiophene rings is 1. The highest BCUT2D eigenvalue weighted by molar-refractivity contribution is 7.18. The van der Waals surface area contributed by atoms with Crippen LogP contribution < -0.4 is 5.32 Å². The lowest BCUT2D eigenvalue weighted by Crippen LogP contribution is -2.06. The highest BCUT2D eigenvalue weighted by atomic mass is 32.1. The third kappa shape index (κ3) is 2.32. The van der Waals surface area contributed by atoms with Gasteiger partial charge in [-0.05, 0) is 30.2 Å². The van der Waals surface area contributed by atoms with E-state index in [1.807, 2.05) is 0 Å². The highest BCUT2D eigenvalue weighted by Gasteiger charge is 2.07. The van der Waals surface area contributed by atoms with Gasteiger partial charge in [0, 0.05) is 6.54 Å². The normalized spacial score (nSPS) is 11.2. The monoisotopic (exact) mass is 235 g/mol. The number of anilines is 1. The second kappa shape index (κ2) is 4.78. The van der Waals surface area contributed by atoms with Crippen LogP contribution in [0.3, 0.4) is 0 Å². The first-order valence-electron chi connectivity index (χ1n) is 5.61. The lowest BCUT2D eigenvalue weighted by molar-refractivity contribution is 0.607. The van der Waals surface area contributed by atoms with Crippen molar-refractivity contribution >= 4 is 27.4 Å². The molecule has 0 saturated heterocycles. The summed E-state index contributed by atoms with van der Waals surface area (Å²) in [4.78, 5) is 8.61. The van der Waals surface area contributed by atoms with Crippen LogP contribution in [0.2, 0.25) is 0 Å². The number of rotatable bonds is 4. The quantitative estimate of drug-likeness (QED) is 0.882. The zero-order chi connectivity index (χ0) is 11.5. The number of aryl methyl sites for hydroxylation is 1. The van der Waals surface area contributed by atoms with Gasteiger partial charge >= 0.3 is 0 Å². The fourth-order valence-electron chi connectivity index (χ4n) is 1.57. The Hall–Kier alpha value is -1.16. The molecule has 2 heterocycles. The van der Waals surface area contributed by atoms with Gasteiger partial charge in [-0.1, -0.05) is 13.8 Å². The molecule has 2 rings (SSSR count). The van der Waals surface area contributed by atoms with Crippen molar-refractivity contribution in [2.75, 3.05) is 11.9 Å². The molecule has 3 nitrogen and oxygen atoms in total. The maximum atomic E-state index is 4.31. The Kier molecular flexibility index (Phi) is 3.39. The number of aromatic nitrogens is 2. The van der Waals surface area contributed by atoms with E-state index in [4.69, 9.17) is 0 Å². The van der Waals surface area contributed by atoms with Crippen LogP contribution in [0.25, 0.3) is 10.2 Å². The molecule has 0 aliphatic heterocycles. The van der Waals surface area contributed by atoms with Crippen molar-refractivity contribution in [1.82, 2.24) is 9.97 Å². The van der Waals surface area contributed by atoms with Gasteiger partial charge in [-0.25, -0.2) is 9.97 Å². The molecule has 0 spiro atoms. The Morgan fingerprint density at radius 1 is 1.38 bits per heavy atom. The van der Waals surface area contributed by atoms with E-state index in [1.165, 1.54) is 10.3 Å². The molecule has 0 aromatic carbocycles. The molecule has 0 saturated carbocycles. The standard InChI is InChI=1S/C12H17N3S/c1-8(2)4-5-13-12-11-10(14-7-15-12)9(3)6-16-11/h6-8H,4-5H2,1-3H3,(H,13,14,15). The van der Waals surface area contributed by atoms with Crippen molar-refractivity contribution in [3.05, 3.63) is 17.3 Å². The molecule has 16 heavy (non-hydrogen) atoms. The molecule has 0 amide bonds. The van der Waals surface area contributed by atoms with Gasteiger partial charge in [0.25, 0.3) is 0 Å². The average Bonchev–Trinajstić information content (AvgIpc) is 2.61. The molecule has 1 N–H and O–H groups in total. The van der Waals surface area contributed by atoms with E-state index in [2.05, 4.69) is 41.4 Å². The van der Waals surface area contributed by atoms with Gasteiger partial charge in [0.05, 0.1) is 10.2 Å². The first-order chi connectivity index (χ1) is 7.68. The largest absolute Gasteiger partial charge is 0.369 e. The number of nitrogens with zero attached hydrogens (tertiary/aromatic N) is 2. The molecule has 0 aliphatic rings. The van der Waals surface area contributed by atoms with Gasteiger partial charge in [0.15, 0.2) is 0 Å². The molecule has 2 aromatic heterocycles. The lowest BCUT2D eigenvalue weighted by atomic mass is 10.1. The second-order valence-corrected chi connectivity index (χ2v) is 5.31. The molecule has 86 valence electrons. The molecule has 4 heteroatoms. The fourth-order valence-corrected chi connectivity index (χ4v) is 2.54. The van der Waals surface area contributed by atoms with Crippen molar-refractivity contribution < 1.29 is 0 Å². The van der Waals surface area contributed by atoms with Crippen LogP contribution in [-0.2, 0) is 0 Å². The summed E-state index contributed by atoms with van der Waals surface area (Å²) >= 11 is 1.71. The molecule has 0 aliphatic carbocycles. The van der Waals surface area contributed by atoms with E-state index in [0.717, 1.165) is 30.2 Å². The second-order valence-electron chi connectivity index (χ2n) is 4.43. The van der Waals surface area contributed by atoms with Gasteiger partial charge in [0.2, 0.25) is 0 Å². The molecular weight excluding hydrogens is 218 g/mol. The predicted octanol–water partition coefficient (Wildman–Crippen LogP) is 3.46. The first-order valence-corrected chi connectivity index (χ1v) is 6.49. The Bertz CT molecular complexity index is 476.